The summed E-state index contributed by atoms with van der Waals surface area (Å²) >= 11 is 0. The van der Waals surface area contributed by atoms with Crippen molar-refractivity contribution in [1.29, 1.82) is 0 Å². The molecule has 1 heterocycles. The van der Waals surface area contributed by atoms with E-state index in [4.69, 9.17) is 0 Å². The largest absolute Gasteiger partial charge is 0.368 e. The lowest BCUT2D eigenvalue weighted by Crippen LogP contribution is -2.54. The van der Waals surface area contributed by atoms with Crippen molar-refractivity contribution in [1.82, 2.24) is 4.90 Å². The van der Waals surface area contributed by atoms with Crippen LogP contribution >= 0.6 is 0 Å². The molecule has 1 atom stereocenters. The summed E-state index contributed by atoms with van der Waals surface area (Å²) in [5.41, 5.74) is 2.44. The Labute approximate surface area is 148 Å². The van der Waals surface area contributed by atoms with Crippen molar-refractivity contribution in [3.05, 3.63) is 60.2 Å². The van der Waals surface area contributed by atoms with Gasteiger partial charge >= 0.3 is 0 Å². The van der Waals surface area contributed by atoms with Crippen LogP contribution in [0.2, 0.25) is 0 Å². The number of nitrogens with one attached hydrogen (secondary N) is 1. The summed E-state index contributed by atoms with van der Waals surface area (Å²) in [6, 6.07) is 17.5. The van der Waals surface area contributed by atoms with E-state index in [1.807, 2.05) is 23.1 Å². The van der Waals surface area contributed by atoms with Crippen molar-refractivity contribution in [2.45, 2.75) is 19.9 Å². The van der Waals surface area contributed by atoms with Gasteiger partial charge in [0.1, 0.15) is 0 Å². The molecule has 2 amide bonds. The summed E-state index contributed by atoms with van der Waals surface area (Å²) in [5, 5.41) is 2.72. The second-order valence-corrected chi connectivity index (χ2v) is 6.39. The molecule has 3 rings (SSSR count). The van der Waals surface area contributed by atoms with Crippen molar-refractivity contribution in [3.63, 3.8) is 0 Å². The lowest BCUT2D eigenvalue weighted by atomic mass is 10.1. The molecular weight excluding hydrogens is 314 g/mol. The van der Waals surface area contributed by atoms with Crippen molar-refractivity contribution in [2.75, 3.05) is 29.9 Å². The van der Waals surface area contributed by atoms with Gasteiger partial charge in [-0.3, -0.25) is 9.59 Å². The Morgan fingerprint density at radius 3 is 2.48 bits per heavy atom. The van der Waals surface area contributed by atoms with E-state index in [-0.39, 0.29) is 17.9 Å². The molecule has 1 unspecified atom stereocenters. The fraction of sp³-hybridized carbons (Fsp3) is 0.300. The normalized spacial score (nSPS) is 17.3. The molecule has 0 bridgehead atoms. The van der Waals surface area contributed by atoms with E-state index >= 15 is 0 Å². The third-order valence-electron chi connectivity index (χ3n) is 4.44. The first-order valence-corrected chi connectivity index (χ1v) is 8.53. The van der Waals surface area contributed by atoms with E-state index in [2.05, 4.69) is 29.3 Å². The number of benzene rings is 2. The van der Waals surface area contributed by atoms with E-state index < -0.39 is 0 Å². The number of piperazine rings is 1. The number of carbonyl (C=O) groups is 2. The van der Waals surface area contributed by atoms with Gasteiger partial charge in [-0.25, -0.2) is 0 Å². The predicted octanol–water partition coefficient (Wildman–Crippen LogP) is 3.00. The summed E-state index contributed by atoms with van der Waals surface area (Å²) in [7, 11) is 0. The van der Waals surface area contributed by atoms with E-state index in [0.717, 1.165) is 13.1 Å². The first-order valence-electron chi connectivity index (χ1n) is 8.53. The fourth-order valence-corrected chi connectivity index (χ4v) is 3.23. The minimum absolute atomic E-state index is 0.00686. The predicted molar refractivity (Wildman–Crippen MR) is 99.9 cm³/mol. The second-order valence-electron chi connectivity index (χ2n) is 6.39. The zero-order valence-corrected chi connectivity index (χ0v) is 14.6. The number of anilines is 2. The highest BCUT2D eigenvalue weighted by Crippen LogP contribution is 2.21. The van der Waals surface area contributed by atoms with Gasteiger partial charge in [-0.2, -0.15) is 0 Å². The van der Waals surface area contributed by atoms with Crippen LogP contribution in [0.25, 0.3) is 0 Å². The number of carbonyl (C=O) groups excluding carboxylic acids is 2. The molecule has 0 radical (unpaired) electrons. The highest BCUT2D eigenvalue weighted by atomic mass is 16.2. The van der Waals surface area contributed by atoms with Gasteiger partial charge in [0.05, 0.1) is 0 Å². The molecule has 1 aliphatic rings. The zero-order chi connectivity index (χ0) is 17.8. The fourth-order valence-electron chi connectivity index (χ4n) is 3.23. The van der Waals surface area contributed by atoms with Gasteiger partial charge in [-0.15, -0.1) is 0 Å². The summed E-state index contributed by atoms with van der Waals surface area (Å²) < 4.78 is 0. The SMILES string of the molecule is CC(=O)Nc1cccc(C(=O)N2CCN(c3ccccc3)CC2C)c1. The Bertz CT molecular complexity index is 761. The van der Waals surface area contributed by atoms with Crippen LogP contribution in [0.15, 0.2) is 54.6 Å². The molecule has 0 saturated carbocycles. The maximum atomic E-state index is 12.9. The van der Waals surface area contributed by atoms with E-state index in [1.54, 1.807) is 24.3 Å². The van der Waals surface area contributed by atoms with Gasteiger partial charge in [-0.1, -0.05) is 24.3 Å². The molecule has 5 heteroatoms. The Balaban J connectivity index is 1.70. The van der Waals surface area contributed by atoms with Gasteiger partial charge in [0.25, 0.3) is 5.91 Å². The van der Waals surface area contributed by atoms with Crippen LogP contribution in [0, 0.1) is 0 Å². The van der Waals surface area contributed by atoms with Gasteiger partial charge in [0, 0.05) is 49.5 Å². The van der Waals surface area contributed by atoms with Crippen LogP contribution in [0.1, 0.15) is 24.2 Å². The van der Waals surface area contributed by atoms with E-state index in [9.17, 15) is 9.59 Å². The number of hydrogen-bond donors (Lipinski definition) is 1. The number of hydrogen-bond acceptors (Lipinski definition) is 3. The zero-order valence-electron chi connectivity index (χ0n) is 14.6. The Morgan fingerprint density at radius 1 is 1.04 bits per heavy atom. The maximum Gasteiger partial charge on any atom is 0.254 e. The third-order valence-corrected chi connectivity index (χ3v) is 4.44. The molecule has 0 spiro atoms. The standard InChI is InChI=1S/C20H23N3O2/c1-15-14-22(19-9-4-3-5-10-19)11-12-23(15)20(25)17-7-6-8-18(13-17)21-16(2)24/h3-10,13,15H,11-12,14H2,1-2H3,(H,21,24). The molecule has 2 aromatic carbocycles. The van der Waals surface area contributed by atoms with Gasteiger partial charge in [0.15, 0.2) is 0 Å². The van der Waals surface area contributed by atoms with Crippen LogP contribution in [0.3, 0.4) is 0 Å². The molecule has 5 nitrogen and oxygen atoms in total. The number of rotatable bonds is 3. The highest BCUT2D eigenvalue weighted by Gasteiger charge is 2.28. The van der Waals surface area contributed by atoms with Crippen LogP contribution in [-0.2, 0) is 4.79 Å². The van der Waals surface area contributed by atoms with Crippen molar-refractivity contribution >= 4 is 23.2 Å². The average molecular weight is 337 g/mol. The lowest BCUT2D eigenvalue weighted by Gasteiger charge is -2.41. The van der Waals surface area contributed by atoms with Crippen LogP contribution in [0.4, 0.5) is 11.4 Å². The molecule has 0 aliphatic carbocycles. The molecular formula is C20H23N3O2. The summed E-state index contributed by atoms with van der Waals surface area (Å²) in [6.07, 6.45) is 0. The Kier molecular flexibility index (Phi) is 5.03. The minimum atomic E-state index is -0.144. The van der Waals surface area contributed by atoms with Gasteiger partial charge < -0.3 is 15.1 Å². The molecule has 1 saturated heterocycles. The lowest BCUT2D eigenvalue weighted by molar-refractivity contribution is -0.114. The molecule has 1 fully saturated rings. The monoisotopic (exact) mass is 337 g/mol. The van der Waals surface area contributed by atoms with Crippen molar-refractivity contribution < 1.29 is 9.59 Å². The summed E-state index contributed by atoms with van der Waals surface area (Å²) in [6.45, 7) is 5.83. The third kappa shape index (κ3) is 3.99. The van der Waals surface area contributed by atoms with Crippen molar-refractivity contribution in [3.8, 4) is 0 Å². The quantitative estimate of drug-likeness (QED) is 0.937. The summed E-state index contributed by atoms with van der Waals surface area (Å²) in [4.78, 5) is 28.3. The molecule has 1 N–H and O–H groups in total. The first-order chi connectivity index (χ1) is 12.0. The maximum absolute atomic E-state index is 12.9. The molecule has 25 heavy (non-hydrogen) atoms. The van der Waals surface area contributed by atoms with Gasteiger partial charge in [0.2, 0.25) is 5.91 Å². The minimum Gasteiger partial charge on any atom is -0.368 e. The Morgan fingerprint density at radius 2 is 1.80 bits per heavy atom. The van der Waals surface area contributed by atoms with E-state index in [0.29, 0.717) is 17.8 Å². The number of para-hydroxylation sites is 1. The smallest absolute Gasteiger partial charge is 0.254 e. The highest BCUT2D eigenvalue weighted by molar-refractivity contribution is 5.97. The molecule has 1 aliphatic heterocycles. The van der Waals surface area contributed by atoms with Crippen LogP contribution in [-0.4, -0.2) is 42.4 Å². The first kappa shape index (κ1) is 17.0. The van der Waals surface area contributed by atoms with Crippen LogP contribution in [0.5, 0.6) is 0 Å². The molecule has 130 valence electrons. The average Bonchev–Trinajstić information content (AvgIpc) is 2.61. The Hall–Kier alpha value is -2.82. The number of nitrogens with zero attached hydrogens (tertiary/aromatic N) is 2. The topological polar surface area (TPSA) is 52.7 Å². The second kappa shape index (κ2) is 7.38. The summed E-state index contributed by atoms with van der Waals surface area (Å²) in [5.74, 6) is -0.137. The molecule has 0 aromatic heterocycles. The van der Waals surface area contributed by atoms with Gasteiger partial charge in [-0.05, 0) is 37.3 Å². The van der Waals surface area contributed by atoms with Crippen LogP contribution < -0.4 is 10.2 Å². The number of amides is 2. The van der Waals surface area contributed by atoms with E-state index in [1.165, 1.54) is 12.6 Å². The van der Waals surface area contributed by atoms with Crippen molar-refractivity contribution in [2.24, 2.45) is 0 Å². The molecule has 2 aromatic rings.